The van der Waals surface area contributed by atoms with Gasteiger partial charge < -0.3 is 14.6 Å². The Morgan fingerprint density at radius 1 is 1.27 bits per heavy atom. The van der Waals surface area contributed by atoms with Gasteiger partial charge in [-0.2, -0.15) is 0 Å². The van der Waals surface area contributed by atoms with Gasteiger partial charge >= 0.3 is 0 Å². The maximum absolute atomic E-state index is 5.84. The van der Waals surface area contributed by atoms with E-state index < -0.39 is 0 Å². The van der Waals surface area contributed by atoms with Crippen LogP contribution in [0.5, 0.6) is 0 Å². The summed E-state index contributed by atoms with van der Waals surface area (Å²) in [5.41, 5.74) is 2.21. The molecule has 1 fully saturated rings. The van der Waals surface area contributed by atoms with Gasteiger partial charge in [0, 0.05) is 19.7 Å². The summed E-state index contributed by atoms with van der Waals surface area (Å²) in [5, 5.41) is 3.45. The molecule has 1 aromatic carbocycles. The van der Waals surface area contributed by atoms with Crippen molar-refractivity contribution in [3.8, 4) is 0 Å². The van der Waals surface area contributed by atoms with Gasteiger partial charge in [0.05, 0.1) is 17.6 Å². The van der Waals surface area contributed by atoms with Crippen LogP contribution in [0.15, 0.2) is 24.3 Å². The lowest BCUT2D eigenvalue weighted by atomic mass is 10.3. The summed E-state index contributed by atoms with van der Waals surface area (Å²) in [7, 11) is 0. The number of benzene rings is 1. The van der Waals surface area contributed by atoms with Crippen molar-refractivity contribution < 1.29 is 4.74 Å². The minimum absolute atomic E-state index is 0.0116. The van der Waals surface area contributed by atoms with Gasteiger partial charge in [-0.1, -0.05) is 12.1 Å². The number of imidazole rings is 1. The average molecular weight is 302 g/mol. The zero-order chi connectivity index (χ0) is 15.4. The lowest BCUT2D eigenvalue weighted by Gasteiger charge is -2.22. The van der Waals surface area contributed by atoms with E-state index in [4.69, 9.17) is 9.72 Å². The third kappa shape index (κ3) is 3.32. The Labute approximate surface area is 132 Å². The number of rotatable bonds is 5. The van der Waals surface area contributed by atoms with E-state index in [1.54, 1.807) is 0 Å². The highest BCUT2D eigenvalue weighted by Gasteiger charge is 2.18. The summed E-state index contributed by atoms with van der Waals surface area (Å²) in [6.07, 6.45) is 1.21. The molecule has 1 aliphatic rings. The van der Waals surface area contributed by atoms with Crippen LogP contribution in [0, 0.1) is 0 Å². The van der Waals surface area contributed by atoms with E-state index in [0.717, 1.165) is 49.6 Å². The lowest BCUT2D eigenvalue weighted by Crippen LogP contribution is -2.29. The predicted molar refractivity (Wildman–Crippen MR) is 88.8 cm³/mol. The van der Waals surface area contributed by atoms with Crippen LogP contribution in [0.2, 0.25) is 0 Å². The van der Waals surface area contributed by atoms with Crippen LogP contribution in [0.4, 0.5) is 0 Å². The maximum Gasteiger partial charge on any atom is 0.132 e. The van der Waals surface area contributed by atoms with Crippen molar-refractivity contribution >= 4 is 11.0 Å². The van der Waals surface area contributed by atoms with Crippen LogP contribution in [0.25, 0.3) is 11.0 Å². The van der Waals surface area contributed by atoms with Crippen molar-refractivity contribution in [2.75, 3.05) is 32.8 Å². The number of nitrogens with zero attached hydrogens (tertiary/aromatic N) is 3. The van der Waals surface area contributed by atoms with Crippen molar-refractivity contribution in [2.24, 2.45) is 0 Å². The molecule has 22 heavy (non-hydrogen) atoms. The quantitative estimate of drug-likeness (QED) is 0.921. The number of nitrogens with one attached hydrogen (secondary N) is 1. The summed E-state index contributed by atoms with van der Waals surface area (Å²) in [6.45, 7) is 10.1. The standard InChI is InChI=1S/C17H26N4O/c1-3-22-14(2)21-16-8-5-4-7-15(16)19-17(21)13-20-11-6-9-18-10-12-20/h4-5,7-8,14,18H,3,6,9-13H2,1-2H3. The third-order valence-corrected chi connectivity index (χ3v) is 4.24. The fraction of sp³-hybridized carbons (Fsp3) is 0.588. The predicted octanol–water partition coefficient (Wildman–Crippen LogP) is 2.39. The molecule has 1 saturated heterocycles. The van der Waals surface area contributed by atoms with Crippen LogP contribution in [0.3, 0.4) is 0 Å². The van der Waals surface area contributed by atoms with Crippen molar-refractivity contribution in [1.82, 2.24) is 19.8 Å². The molecule has 2 heterocycles. The van der Waals surface area contributed by atoms with Crippen LogP contribution < -0.4 is 5.32 Å². The SMILES string of the molecule is CCOC(C)n1c(CN2CCCNCC2)nc2ccccc21. The van der Waals surface area contributed by atoms with E-state index in [1.807, 2.05) is 13.0 Å². The molecule has 120 valence electrons. The minimum Gasteiger partial charge on any atom is -0.359 e. The molecule has 2 aromatic rings. The van der Waals surface area contributed by atoms with E-state index in [-0.39, 0.29) is 6.23 Å². The van der Waals surface area contributed by atoms with E-state index in [2.05, 4.69) is 39.9 Å². The Kier molecular flexibility index (Phi) is 5.08. The van der Waals surface area contributed by atoms with E-state index >= 15 is 0 Å². The highest BCUT2D eigenvalue weighted by Crippen LogP contribution is 2.23. The van der Waals surface area contributed by atoms with Crippen molar-refractivity contribution in [1.29, 1.82) is 0 Å². The summed E-state index contributed by atoms with van der Waals surface area (Å²) >= 11 is 0. The summed E-state index contributed by atoms with van der Waals surface area (Å²) in [5.74, 6) is 1.10. The maximum atomic E-state index is 5.84. The van der Waals surface area contributed by atoms with Gasteiger partial charge in [-0.25, -0.2) is 4.98 Å². The summed E-state index contributed by atoms with van der Waals surface area (Å²) in [6, 6.07) is 8.33. The molecule has 5 heteroatoms. The monoisotopic (exact) mass is 302 g/mol. The van der Waals surface area contributed by atoms with Gasteiger partial charge in [-0.15, -0.1) is 0 Å². The molecule has 0 radical (unpaired) electrons. The van der Waals surface area contributed by atoms with Crippen LogP contribution in [-0.2, 0) is 11.3 Å². The third-order valence-electron chi connectivity index (χ3n) is 4.24. The number of fused-ring (bicyclic) bond motifs is 1. The summed E-state index contributed by atoms with van der Waals surface area (Å²) in [4.78, 5) is 7.34. The number of aromatic nitrogens is 2. The van der Waals surface area contributed by atoms with Gasteiger partial charge in [0.15, 0.2) is 0 Å². The van der Waals surface area contributed by atoms with Crippen molar-refractivity contribution in [2.45, 2.75) is 33.0 Å². The highest BCUT2D eigenvalue weighted by atomic mass is 16.5. The average Bonchev–Trinajstić information content (AvgIpc) is 2.68. The molecule has 3 rings (SSSR count). The van der Waals surface area contributed by atoms with Crippen LogP contribution in [-0.4, -0.2) is 47.2 Å². The lowest BCUT2D eigenvalue weighted by molar-refractivity contribution is 0.0242. The molecule has 1 unspecified atom stereocenters. The molecule has 0 amide bonds. The van der Waals surface area contributed by atoms with Gasteiger partial charge in [-0.3, -0.25) is 4.90 Å². The molecule has 1 aliphatic heterocycles. The molecule has 0 spiro atoms. The van der Waals surface area contributed by atoms with Gasteiger partial charge in [0.1, 0.15) is 12.1 Å². The molecule has 0 aliphatic carbocycles. The number of ether oxygens (including phenoxy) is 1. The number of para-hydroxylation sites is 2. The highest BCUT2D eigenvalue weighted by molar-refractivity contribution is 5.76. The molecule has 1 N–H and O–H groups in total. The van der Waals surface area contributed by atoms with Gasteiger partial charge in [0.25, 0.3) is 0 Å². The molecule has 5 nitrogen and oxygen atoms in total. The van der Waals surface area contributed by atoms with Gasteiger partial charge in [0.2, 0.25) is 0 Å². The number of hydrogen-bond acceptors (Lipinski definition) is 4. The molecule has 1 atom stereocenters. The second-order valence-corrected chi connectivity index (χ2v) is 5.82. The number of hydrogen-bond donors (Lipinski definition) is 1. The molecular weight excluding hydrogens is 276 g/mol. The Bertz CT molecular complexity index is 602. The zero-order valence-electron chi connectivity index (χ0n) is 13.6. The van der Waals surface area contributed by atoms with Gasteiger partial charge in [-0.05, 0) is 45.5 Å². The molecule has 0 saturated carbocycles. The molecule has 1 aromatic heterocycles. The first-order valence-corrected chi connectivity index (χ1v) is 8.30. The Balaban J connectivity index is 1.91. The first kappa shape index (κ1) is 15.5. The fourth-order valence-electron chi connectivity index (χ4n) is 3.19. The minimum atomic E-state index is 0.0116. The van der Waals surface area contributed by atoms with Crippen LogP contribution in [0.1, 0.15) is 32.3 Å². The van der Waals surface area contributed by atoms with E-state index in [1.165, 1.54) is 6.42 Å². The molecular formula is C17H26N4O. The van der Waals surface area contributed by atoms with Crippen LogP contribution >= 0.6 is 0 Å². The van der Waals surface area contributed by atoms with Crippen molar-refractivity contribution in [3.05, 3.63) is 30.1 Å². The Morgan fingerprint density at radius 3 is 3.00 bits per heavy atom. The summed E-state index contributed by atoms with van der Waals surface area (Å²) < 4.78 is 8.09. The Morgan fingerprint density at radius 2 is 2.14 bits per heavy atom. The second kappa shape index (κ2) is 7.22. The van der Waals surface area contributed by atoms with E-state index in [0.29, 0.717) is 6.61 Å². The Hall–Kier alpha value is -1.43. The van der Waals surface area contributed by atoms with Crippen molar-refractivity contribution in [3.63, 3.8) is 0 Å². The largest absolute Gasteiger partial charge is 0.359 e. The fourth-order valence-corrected chi connectivity index (χ4v) is 3.19. The smallest absolute Gasteiger partial charge is 0.132 e. The second-order valence-electron chi connectivity index (χ2n) is 5.82. The molecule has 0 bridgehead atoms. The normalized spacial score (nSPS) is 18.5. The zero-order valence-corrected chi connectivity index (χ0v) is 13.6. The first-order valence-electron chi connectivity index (χ1n) is 8.30. The first-order chi connectivity index (χ1) is 10.8. The topological polar surface area (TPSA) is 42.3 Å². The van der Waals surface area contributed by atoms with E-state index in [9.17, 15) is 0 Å².